The zero-order chi connectivity index (χ0) is 14.8. The van der Waals surface area contributed by atoms with Gasteiger partial charge in [0.15, 0.2) is 0 Å². The third-order valence-electron chi connectivity index (χ3n) is 4.37. The van der Waals surface area contributed by atoms with Gasteiger partial charge < -0.3 is 10.6 Å². The van der Waals surface area contributed by atoms with Gasteiger partial charge in [0, 0.05) is 31.1 Å². The van der Waals surface area contributed by atoms with Crippen LogP contribution in [-0.2, 0) is 9.59 Å². The van der Waals surface area contributed by atoms with Gasteiger partial charge in [-0.2, -0.15) is 0 Å². The number of fused-ring (bicyclic) bond motifs is 1. The van der Waals surface area contributed by atoms with Gasteiger partial charge in [0.25, 0.3) is 0 Å². The van der Waals surface area contributed by atoms with Crippen LogP contribution < -0.4 is 10.6 Å². The molecule has 1 aromatic rings. The fourth-order valence-corrected chi connectivity index (χ4v) is 3.34. The lowest BCUT2D eigenvalue weighted by atomic mass is 9.98. The van der Waals surface area contributed by atoms with Crippen LogP contribution in [0.25, 0.3) is 0 Å². The number of nitrogens with two attached hydrogens (primary N) is 1. The van der Waals surface area contributed by atoms with Crippen molar-refractivity contribution >= 4 is 17.5 Å². The summed E-state index contributed by atoms with van der Waals surface area (Å²) in [6.07, 6.45) is 2.21. The molecule has 0 bridgehead atoms. The first-order chi connectivity index (χ1) is 10.2. The maximum atomic E-state index is 12.3. The number of nitrogens with zero attached hydrogens (tertiary/aromatic N) is 2. The van der Waals surface area contributed by atoms with Crippen molar-refractivity contribution < 1.29 is 9.59 Å². The van der Waals surface area contributed by atoms with Gasteiger partial charge >= 0.3 is 0 Å². The Balaban J connectivity index is 1.74. The Labute approximate surface area is 124 Å². The Morgan fingerprint density at radius 1 is 1.33 bits per heavy atom. The summed E-state index contributed by atoms with van der Waals surface area (Å²) in [5.74, 6) is 0.264. The molecule has 1 saturated heterocycles. The summed E-state index contributed by atoms with van der Waals surface area (Å²) in [5.41, 5.74) is 8.07. The van der Waals surface area contributed by atoms with E-state index in [0.29, 0.717) is 25.4 Å². The zero-order valence-electron chi connectivity index (χ0n) is 12.1. The summed E-state index contributed by atoms with van der Waals surface area (Å²) in [6.45, 7) is 2.30. The molecule has 1 fully saturated rings. The SMILES string of the molecule is NCCC1CN(CC(=O)N2CCCC2=O)c2ccccc21. The number of likely N-dealkylation sites (tertiary alicyclic amines) is 1. The van der Waals surface area contributed by atoms with E-state index in [1.54, 1.807) is 0 Å². The number of rotatable bonds is 4. The van der Waals surface area contributed by atoms with Gasteiger partial charge in [-0.3, -0.25) is 14.5 Å². The van der Waals surface area contributed by atoms with Gasteiger partial charge in [0.1, 0.15) is 0 Å². The molecule has 3 rings (SSSR count). The van der Waals surface area contributed by atoms with E-state index in [4.69, 9.17) is 5.73 Å². The van der Waals surface area contributed by atoms with Crippen LogP contribution in [0.4, 0.5) is 5.69 Å². The molecule has 2 aliphatic heterocycles. The van der Waals surface area contributed by atoms with Gasteiger partial charge in [-0.1, -0.05) is 18.2 Å². The summed E-state index contributed by atoms with van der Waals surface area (Å²) in [7, 11) is 0. The van der Waals surface area contributed by atoms with Crippen molar-refractivity contribution in [1.82, 2.24) is 4.90 Å². The van der Waals surface area contributed by atoms with Crippen LogP contribution in [0.15, 0.2) is 24.3 Å². The molecule has 2 amide bonds. The molecule has 21 heavy (non-hydrogen) atoms. The molecule has 5 heteroatoms. The molecule has 2 heterocycles. The van der Waals surface area contributed by atoms with Crippen molar-refractivity contribution in [3.63, 3.8) is 0 Å². The van der Waals surface area contributed by atoms with E-state index in [2.05, 4.69) is 11.0 Å². The first-order valence-corrected chi connectivity index (χ1v) is 7.58. The molecule has 2 N–H and O–H groups in total. The van der Waals surface area contributed by atoms with Crippen LogP contribution in [0.5, 0.6) is 0 Å². The van der Waals surface area contributed by atoms with Crippen molar-refractivity contribution in [1.29, 1.82) is 0 Å². The van der Waals surface area contributed by atoms with E-state index in [0.717, 1.165) is 25.1 Å². The lowest BCUT2D eigenvalue weighted by Gasteiger charge is -2.22. The summed E-state index contributed by atoms with van der Waals surface area (Å²) in [5, 5.41) is 0. The Kier molecular flexibility index (Phi) is 3.92. The number of carbonyl (C=O) groups excluding carboxylic acids is 2. The normalized spacial score (nSPS) is 21.0. The smallest absolute Gasteiger partial charge is 0.248 e. The second kappa shape index (κ2) is 5.85. The van der Waals surface area contributed by atoms with Crippen LogP contribution in [0, 0.1) is 0 Å². The number of para-hydroxylation sites is 1. The number of benzene rings is 1. The molecule has 112 valence electrons. The molecule has 5 nitrogen and oxygen atoms in total. The Hall–Kier alpha value is -1.88. The maximum Gasteiger partial charge on any atom is 0.248 e. The summed E-state index contributed by atoms with van der Waals surface area (Å²) in [4.78, 5) is 27.5. The zero-order valence-corrected chi connectivity index (χ0v) is 12.1. The van der Waals surface area contributed by atoms with Crippen LogP contribution in [-0.4, -0.2) is 42.9 Å². The highest BCUT2D eigenvalue weighted by molar-refractivity contribution is 5.98. The van der Waals surface area contributed by atoms with Gasteiger partial charge in [-0.25, -0.2) is 0 Å². The fraction of sp³-hybridized carbons (Fsp3) is 0.500. The third kappa shape index (κ3) is 2.65. The average Bonchev–Trinajstić information content (AvgIpc) is 3.05. The largest absolute Gasteiger partial charge is 0.361 e. The first-order valence-electron chi connectivity index (χ1n) is 7.58. The predicted octanol–water partition coefficient (Wildman–Crippen LogP) is 1.09. The predicted molar refractivity (Wildman–Crippen MR) is 81.0 cm³/mol. The average molecular weight is 287 g/mol. The molecule has 0 spiro atoms. The fourth-order valence-electron chi connectivity index (χ4n) is 3.34. The first kappa shape index (κ1) is 14.1. The third-order valence-corrected chi connectivity index (χ3v) is 4.37. The van der Waals surface area contributed by atoms with Crippen molar-refractivity contribution in [2.24, 2.45) is 5.73 Å². The van der Waals surface area contributed by atoms with Gasteiger partial charge in [0.05, 0.1) is 6.54 Å². The van der Waals surface area contributed by atoms with Gasteiger partial charge in [0.2, 0.25) is 11.8 Å². The summed E-state index contributed by atoms with van der Waals surface area (Å²) >= 11 is 0. The van der Waals surface area contributed by atoms with E-state index in [-0.39, 0.29) is 18.4 Å². The van der Waals surface area contributed by atoms with E-state index in [1.807, 2.05) is 18.2 Å². The lowest BCUT2D eigenvalue weighted by Crippen LogP contribution is -2.40. The number of amides is 2. The summed E-state index contributed by atoms with van der Waals surface area (Å²) in [6, 6.07) is 8.17. The molecule has 2 aliphatic rings. The van der Waals surface area contributed by atoms with Crippen molar-refractivity contribution in [2.45, 2.75) is 25.2 Å². The molecule has 1 aromatic carbocycles. The van der Waals surface area contributed by atoms with Crippen molar-refractivity contribution in [2.75, 3.05) is 31.1 Å². The molecule has 0 aliphatic carbocycles. The topological polar surface area (TPSA) is 66.6 Å². The second-order valence-corrected chi connectivity index (χ2v) is 5.76. The minimum atomic E-state index is -0.0827. The van der Waals surface area contributed by atoms with E-state index in [1.165, 1.54) is 10.5 Å². The standard InChI is InChI=1S/C16H21N3O2/c17-8-7-12-10-18(14-5-2-1-4-13(12)14)11-16(21)19-9-3-6-15(19)20/h1-2,4-5,12H,3,6-11,17H2. The Morgan fingerprint density at radius 2 is 2.14 bits per heavy atom. The van der Waals surface area contributed by atoms with E-state index < -0.39 is 0 Å². The number of carbonyl (C=O) groups is 2. The van der Waals surface area contributed by atoms with Gasteiger partial charge in [-0.05, 0) is 31.0 Å². The highest BCUT2D eigenvalue weighted by Crippen LogP contribution is 2.37. The molecule has 1 unspecified atom stereocenters. The molecule has 0 radical (unpaired) electrons. The highest BCUT2D eigenvalue weighted by atomic mass is 16.2. The number of imide groups is 1. The van der Waals surface area contributed by atoms with Crippen LogP contribution >= 0.6 is 0 Å². The highest BCUT2D eigenvalue weighted by Gasteiger charge is 2.32. The van der Waals surface area contributed by atoms with Crippen molar-refractivity contribution in [3.05, 3.63) is 29.8 Å². The Morgan fingerprint density at radius 3 is 2.86 bits per heavy atom. The molecule has 0 saturated carbocycles. The number of hydrogen-bond donors (Lipinski definition) is 1. The summed E-state index contributed by atoms with van der Waals surface area (Å²) < 4.78 is 0. The molecule has 1 atom stereocenters. The number of anilines is 1. The minimum absolute atomic E-state index is 0.0361. The maximum absolute atomic E-state index is 12.3. The van der Waals surface area contributed by atoms with E-state index >= 15 is 0 Å². The number of hydrogen-bond acceptors (Lipinski definition) is 4. The van der Waals surface area contributed by atoms with Gasteiger partial charge in [-0.15, -0.1) is 0 Å². The van der Waals surface area contributed by atoms with Crippen molar-refractivity contribution in [3.8, 4) is 0 Å². The molecular weight excluding hydrogens is 266 g/mol. The minimum Gasteiger partial charge on any atom is -0.361 e. The second-order valence-electron chi connectivity index (χ2n) is 5.76. The van der Waals surface area contributed by atoms with Crippen LogP contribution in [0.1, 0.15) is 30.7 Å². The Bertz CT molecular complexity index is 558. The van der Waals surface area contributed by atoms with Crippen LogP contribution in [0.2, 0.25) is 0 Å². The lowest BCUT2D eigenvalue weighted by molar-refractivity contribution is -0.140. The monoisotopic (exact) mass is 287 g/mol. The van der Waals surface area contributed by atoms with Crippen LogP contribution in [0.3, 0.4) is 0 Å². The quantitative estimate of drug-likeness (QED) is 0.900. The molecular formula is C16H21N3O2. The van der Waals surface area contributed by atoms with E-state index in [9.17, 15) is 9.59 Å². The molecule has 0 aromatic heterocycles.